The minimum absolute atomic E-state index is 0.0637. The van der Waals surface area contributed by atoms with Crippen molar-refractivity contribution in [1.82, 2.24) is 0 Å². The van der Waals surface area contributed by atoms with Crippen molar-refractivity contribution >= 4 is 9.84 Å². The van der Waals surface area contributed by atoms with Crippen molar-refractivity contribution in [3.8, 4) is 0 Å². The SMILES string of the molecule is CS(=O)(=O)C1CCC[CH]CCC1. The van der Waals surface area contributed by atoms with Gasteiger partial charge in [-0.05, 0) is 19.3 Å². The Kier molecular flexibility index (Phi) is 3.56. The molecule has 0 heterocycles. The van der Waals surface area contributed by atoms with Crippen molar-refractivity contribution in [2.24, 2.45) is 0 Å². The third-order valence-electron chi connectivity index (χ3n) is 2.47. The van der Waals surface area contributed by atoms with Crippen LogP contribution in [0.5, 0.6) is 0 Å². The number of sulfone groups is 1. The van der Waals surface area contributed by atoms with Gasteiger partial charge < -0.3 is 0 Å². The van der Waals surface area contributed by atoms with Crippen LogP contribution >= 0.6 is 0 Å². The molecule has 1 aliphatic rings. The maximum absolute atomic E-state index is 11.2. The highest BCUT2D eigenvalue weighted by molar-refractivity contribution is 7.91. The fourth-order valence-electron chi connectivity index (χ4n) is 1.70. The lowest BCUT2D eigenvalue weighted by Crippen LogP contribution is -2.20. The van der Waals surface area contributed by atoms with Gasteiger partial charge in [-0.1, -0.05) is 25.7 Å². The normalized spacial score (nSPS) is 23.1. The molecule has 0 atom stereocenters. The van der Waals surface area contributed by atoms with Crippen molar-refractivity contribution in [3.05, 3.63) is 6.42 Å². The van der Waals surface area contributed by atoms with E-state index in [1.165, 1.54) is 6.26 Å². The van der Waals surface area contributed by atoms with Crippen LogP contribution in [0, 0.1) is 6.42 Å². The Morgan fingerprint density at radius 1 is 1.17 bits per heavy atom. The first kappa shape index (κ1) is 10.0. The predicted octanol–water partition coefficient (Wildman–Crippen LogP) is 1.96. The first-order valence-electron chi connectivity index (χ1n) is 4.61. The Bertz CT molecular complexity index is 211. The molecule has 0 spiro atoms. The number of hydrogen-bond donors (Lipinski definition) is 0. The van der Waals surface area contributed by atoms with E-state index in [9.17, 15) is 8.42 Å². The van der Waals surface area contributed by atoms with Gasteiger partial charge in [0.1, 0.15) is 9.84 Å². The monoisotopic (exact) mass is 189 g/mol. The summed E-state index contributed by atoms with van der Waals surface area (Å²) < 4.78 is 22.5. The number of rotatable bonds is 1. The Balaban J connectivity index is 2.51. The molecule has 0 bridgehead atoms. The molecule has 0 amide bonds. The zero-order chi connectivity index (χ0) is 9.03. The van der Waals surface area contributed by atoms with Crippen LogP contribution in [-0.2, 0) is 9.84 Å². The molecule has 71 valence electrons. The van der Waals surface area contributed by atoms with Crippen LogP contribution < -0.4 is 0 Å². The molecule has 1 aliphatic carbocycles. The van der Waals surface area contributed by atoms with Crippen molar-refractivity contribution in [1.29, 1.82) is 0 Å². The summed E-state index contributed by atoms with van der Waals surface area (Å²) in [7, 11) is -2.78. The van der Waals surface area contributed by atoms with Crippen LogP contribution in [-0.4, -0.2) is 19.9 Å². The molecular weight excluding hydrogens is 172 g/mol. The molecule has 0 aromatic carbocycles. The van der Waals surface area contributed by atoms with Gasteiger partial charge in [-0.15, -0.1) is 0 Å². The van der Waals surface area contributed by atoms with Gasteiger partial charge in [0.15, 0.2) is 0 Å². The Hall–Kier alpha value is -0.0500. The van der Waals surface area contributed by atoms with Gasteiger partial charge in [0.05, 0.1) is 5.25 Å². The van der Waals surface area contributed by atoms with E-state index in [1.807, 2.05) is 0 Å². The van der Waals surface area contributed by atoms with Crippen molar-refractivity contribution in [2.75, 3.05) is 6.26 Å². The van der Waals surface area contributed by atoms with Crippen LogP contribution in [0.2, 0.25) is 0 Å². The van der Waals surface area contributed by atoms with Gasteiger partial charge in [-0.3, -0.25) is 0 Å². The largest absolute Gasteiger partial charge is 0.229 e. The highest BCUT2D eigenvalue weighted by Crippen LogP contribution is 2.21. The van der Waals surface area contributed by atoms with Crippen molar-refractivity contribution in [2.45, 2.75) is 43.8 Å². The van der Waals surface area contributed by atoms with Crippen LogP contribution in [0.15, 0.2) is 0 Å². The van der Waals surface area contributed by atoms with Crippen LogP contribution in [0.25, 0.3) is 0 Å². The lowest BCUT2D eigenvalue weighted by molar-refractivity contribution is 0.528. The summed E-state index contributed by atoms with van der Waals surface area (Å²) in [5.41, 5.74) is 0. The van der Waals surface area contributed by atoms with Crippen molar-refractivity contribution in [3.63, 3.8) is 0 Å². The fraction of sp³-hybridized carbons (Fsp3) is 0.889. The van der Waals surface area contributed by atoms with E-state index >= 15 is 0 Å². The molecule has 0 unspecified atom stereocenters. The smallest absolute Gasteiger partial charge is 0.150 e. The zero-order valence-corrected chi connectivity index (χ0v) is 8.44. The second-order valence-electron chi connectivity index (χ2n) is 3.60. The predicted molar refractivity (Wildman–Crippen MR) is 50.6 cm³/mol. The molecule has 12 heavy (non-hydrogen) atoms. The fourth-order valence-corrected chi connectivity index (χ4v) is 2.89. The summed E-state index contributed by atoms with van der Waals surface area (Å²) in [5, 5.41) is -0.0637. The van der Waals surface area contributed by atoms with Gasteiger partial charge in [-0.2, -0.15) is 0 Å². The molecule has 1 saturated carbocycles. The topological polar surface area (TPSA) is 34.1 Å². The van der Waals surface area contributed by atoms with Crippen LogP contribution in [0.3, 0.4) is 0 Å². The lowest BCUT2D eigenvalue weighted by atomic mass is 10.0. The standard InChI is InChI=1S/C9H17O2S/c1-12(10,11)9-7-5-3-2-4-6-8-9/h2,9H,3-8H2,1H3. The maximum atomic E-state index is 11.2. The van der Waals surface area contributed by atoms with Gasteiger partial charge in [0.2, 0.25) is 0 Å². The molecule has 1 radical (unpaired) electrons. The minimum Gasteiger partial charge on any atom is -0.229 e. The summed E-state index contributed by atoms with van der Waals surface area (Å²) in [6.07, 6.45) is 9.61. The molecule has 0 saturated heterocycles. The Morgan fingerprint density at radius 2 is 1.67 bits per heavy atom. The lowest BCUT2D eigenvalue weighted by Gasteiger charge is -2.17. The van der Waals surface area contributed by atoms with E-state index in [4.69, 9.17) is 0 Å². The van der Waals surface area contributed by atoms with Crippen LogP contribution in [0.4, 0.5) is 0 Å². The number of hydrogen-bond acceptors (Lipinski definition) is 2. The van der Waals surface area contributed by atoms with Gasteiger partial charge in [0.25, 0.3) is 0 Å². The van der Waals surface area contributed by atoms with E-state index in [1.54, 1.807) is 0 Å². The Labute approximate surface area is 75.3 Å². The highest BCUT2D eigenvalue weighted by atomic mass is 32.2. The van der Waals surface area contributed by atoms with E-state index in [-0.39, 0.29) is 5.25 Å². The molecular formula is C9H17O2S. The summed E-state index contributed by atoms with van der Waals surface area (Å²) in [6, 6.07) is 0. The summed E-state index contributed by atoms with van der Waals surface area (Å²) in [5.74, 6) is 0. The third kappa shape index (κ3) is 3.13. The molecule has 3 heteroatoms. The molecule has 2 nitrogen and oxygen atoms in total. The second kappa shape index (κ2) is 4.26. The first-order valence-corrected chi connectivity index (χ1v) is 6.56. The summed E-state index contributed by atoms with van der Waals surface area (Å²) >= 11 is 0. The minimum atomic E-state index is -2.78. The maximum Gasteiger partial charge on any atom is 0.150 e. The second-order valence-corrected chi connectivity index (χ2v) is 5.93. The van der Waals surface area contributed by atoms with E-state index < -0.39 is 9.84 Å². The third-order valence-corrected chi connectivity index (χ3v) is 4.16. The quantitative estimate of drug-likeness (QED) is 0.632. The summed E-state index contributed by atoms with van der Waals surface area (Å²) in [6.45, 7) is 0. The van der Waals surface area contributed by atoms with Crippen LogP contribution in [0.1, 0.15) is 38.5 Å². The van der Waals surface area contributed by atoms with Crippen molar-refractivity contribution < 1.29 is 8.42 Å². The van der Waals surface area contributed by atoms with E-state index in [0.29, 0.717) is 0 Å². The van der Waals surface area contributed by atoms with Gasteiger partial charge in [0, 0.05) is 6.26 Å². The molecule has 0 N–H and O–H groups in total. The average molecular weight is 189 g/mol. The zero-order valence-electron chi connectivity index (χ0n) is 7.62. The first-order chi connectivity index (χ1) is 5.61. The average Bonchev–Trinajstić information content (AvgIpc) is 1.81. The van der Waals surface area contributed by atoms with Gasteiger partial charge >= 0.3 is 0 Å². The van der Waals surface area contributed by atoms with Gasteiger partial charge in [-0.25, -0.2) is 8.42 Å². The molecule has 0 aliphatic heterocycles. The van der Waals surface area contributed by atoms with E-state index in [2.05, 4.69) is 6.42 Å². The molecule has 0 aromatic heterocycles. The highest BCUT2D eigenvalue weighted by Gasteiger charge is 2.20. The Morgan fingerprint density at radius 3 is 2.08 bits per heavy atom. The van der Waals surface area contributed by atoms with E-state index in [0.717, 1.165) is 38.5 Å². The molecule has 1 fully saturated rings. The molecule has 0 aromatic rings. The molecule has 1 rings (SSSR count). The summed E-state index contributed by atoms with van der Waals surface area (Å²) in [4.78, 5) is 0.